The summed E-state index contributed by atoms with van der Waals surface area (Å²) in [7, 11) is 2.82. The highest BCUT2D eigenvalue weighted by Crippen LogP contribution is 2.19. The molecule has 0 aliphatic carbocycles. The summed E-state index contributed by atoms with van der Waals surface area (Å²) >= 11 is 0. The van der Waals surface area contributed by atoms with Gasteiger partial charge in [0, 0.05) is 32.9 Å². The highest BCUT2D eigenvalue weighted by atomic mass is 16.5. The van der Waals surface area contributed by atoms with Gasteiger partial charge in [0.15, 0.2) is 0 Å². The van der Waals surface area contributed by atoms with Crippen molar-refractivity contribution in [1.82, 2.24) is 36.8 Å². The average Bonchev–Trinajstić information content (AvgIpc) is 3.33. The highest BCUT2D eigenvalue weighted by Gasteiger charge is 2.37. The van der Waals surface area contributed by atoms with Gasteiger partial charge in [0.1, 0.15) is 41.7 Å². The Hall–Kier alpha value is -7.35. The molecule has 392 valence electrons. The number of allylic oxidation sites excluding steroid dienone is 2. The topological polar surface area (TPSA) is 299 Å². The van der Waals surface area contributed by atoms with E-state index in [4.69, 9.17) is 4.74 Å². The molecule has 2 aromatic rings. The summed E-state index contributed by atoms with van der Waals surface area (Å²) in [5.74, 6) is -12.5. The van der Waals surface area contributed by atoms with E-state index in [1.165, 1.54) is 58.2 Å². The lowest BCUT2D eigenvalue weighted by atomic mass is 9.94. The minimum Gasteiger partial charge on any atom is -0.508 e. The maximum absolute atomic E-state index is 14.5. The van der Waals surface area contributed by atoms with Crippen molar-refractivity contribution in [3.05, 3.63) is 102 Å². The van der Waals surface area contributed by atoms with Crippen molar-refractivity contribution in [2.24, 2.45) is 23.7 Å². The molecule has 1 aliphatic rings. The van der Waals surface area contributed by atoms with Gasteiger partial charge in [0.2, 0.25) is 35.4 Å². The van der Waals surface area contributed by atoms with E-state index in [0.717, 1.165) is 10.5 Å². The van der Waals surface area contributed by atoms with Crippen LogP contribution in [-0.4, -0.2) is 130 Å². The van der Waals surface area contributed by atoms with Gasteiger partial charge in [0.05, 0.1) is 24.0 Å². The summed E-state index contributed by atoms with van der Waals surface area (Å²) in [6, 6.07) is 6.61. The summed E-state index contributed by atoms with van der Waals surface area (Å²) in [6.45, 7) is 14.9. The van der Waals surface area contributed by atoms with Gasteiger partial charge in [-0.3, -0.25) is 33.6 Å². The highest BCUT2D eigenvalue weighted by molar-refractivity contribution is 6.00. The van der Waals surface area contributed by atoms with E-state index < -0.39 is 120 Å². The molecular weight excluding hydrogens is 931 g/mol. The van der Waals surface area contributed by atoms with Gasteiger partial charge in [-0.25, -0.2) is 9.59 Å². The van der Waals surface area contributed by atoms with Crippen LogP contribution in [0.3, 0.4) is 0 Å². The first-order chi connectivity index (χ1) is 33.8. The predicted octanol–water partition coefficient (Wildman–Crippen LogP) is 2.51. The molecule has 10 atom stereocenters. The van der Waals surface area contributed by atoms with Gasteiger partial charge in [0.25, 0.3) is 5.91 Å². The van der Waals surface area contributed by atoms with Crippen LogP contribution in [0.25, 0.3) is 0 Å². The molecule has 1 saturated heterocycles. The molecule has 7 amide bonds. The van der Waals surface area contributed by atoms with Gasteiger partial charge in [-0.1, -0.05) is 107 Å². The molecule has 72 heavy (non-hydrogen) atoms. The van der Waals surface area contributed by atoms with E-state index in [1.807, 2.05) is 43.3 Å². The summed E-state index contributed by atoms with van der Waals surface area (Å²) in [6.07, 6.45) is 4.40. The van der Waals surface area contributed by atoms with Crippen molar-refractivity contribution < 1.29 is 63.2 Å². The van der Waals surface area contributed by atoms with E-state index >= 15 is 0 Å². The zero-order valence-electron chi connectivity index (χ0n) is 42.4. The maximum Gasteiger partial charge on any atom is 0.327 e. The number of carboxylic acids is 2. The Balaban J connectivity index is 2.15. The second-order valence-electron chi connectivity index (χ2n) is 18.7. The zero-order valence-corrected chi connectivity index (χ0v) is 42.4. The summed E-state index contributed by atoms with van der Waals surface area (Å²) in [5.41, 5.74) is 1.81. The Morgan fingerprint density at radius 1 is 0.764 bits per heavy atom. The molecule has 0 spiro atoms. The Labute approximate surface area is 420 Å². The Bertz CT molecular complexity index is 2340. The number of amides is 7. The molecule has 0 saturated carbocycles. The van der Waals surface area contributed by atoms with Crippen LogP contribution < -0.4 is 31.9 Å². The largest absolute Gasteiger partial charge is 0.508 e. The number of phenolic OH excluding ortho intramolecular Hbond substituents is 1. The second-order valence-corrected chi connectivity index (χ2v) is 18.7. The molecule has 0 radical (unpaired) electrons. The van der Waals surface area contributed by atoms with Crippen LogP contribution in [0.2, 0.25) is 0 Å². The first-order valence-corrected chi connectivity index (χ1v) is 23.8. The predicted molar refractivity (Wildman–Crippen MR) is 266 cm³/mol. The van der Waals surface area contributed by atoms with Crippen molar-refractivity contribution in [1.29, 1.82) is 0 Å². The molecule has 0 unspecified atom stereocenters. The minimum absolute atomic E-state index is 0.00296. The normalized spacial score (nSPS) is 25.2. The van der Waals surface area contributed by atoms with E-state index in [1.54, 1.807) is 34.0 Å². The quantitative estimate of drug-likeness (QED) is 0.103. The Morgan fingerprint density at radius 2 is 1.36 bits per heavy atom. The van der Waals surface area contributed by atoms with Gasteiger partial charge >= 0.3 is 11.9 Å². The van der Waals surface area contributed by atoms with Crippen molar-refractivity contribution in [3.63, 3.8) is 0 Å². The molecule has 9 N–H and O–H groups in total. The summed E-state index contributed by atoms with van der Waals surface area (Å²) < 4.78 is 5.82. The number of carbonyl (C=O) groups is 9. The van der Waals surface area contributed by atoms with E-state index in [9.17, 15) is 58.5 Å². The van der Waals surface area contributed by atoms with Crippen LogP contribution in [0, 0.1) is 23.7 Å². The molecule has 0 aromatic heterocycles. The minimum atomic E-state index is -1.89. The molecule has 20 heteroatoms. The fraction of sp³-hybridized carbons (Fsp3) is 0.481. The third-order valence-electron chi connectivity index (χ3n) is 12.4. The number of phenols is 1. The van der Waals surface area contributed by atoms with E-state index in [2.05, 4.69) is 38.5 Å². The smallest absolute Gasteiger partial charge is 0.327 e. The SMILES string of the molecule is C=C1C(=O)N[C@H](C)C(=O)N[C@@H](CC(C)C)C(=O)N[C@@H](C(=O)O)[C@H](C)C(=O)N[C@@H](Cc2ccc(O)cc2)C(=O)N[C@@H](C=CC(C)=C[C@H](C)[C@H](Cc2ccccc2)OC)[C@H](C)C(=O)N[C@@H](C(=O)O)CCC(=O)N1C. The lowest BCUT2D eigenvalue weighted by Crippen LogP contribution is -2.59. The fourth-order valence-corrected chi connectivity index (χ4v) is 7.76. The number of carboxylic acid groups (broad SMARTS) is 2. The Morgan fingerprint density at radius 3 is 1.94 bits per heavy atom. The third kappa shape index (κ3) is 18.1. The number of rotatable bonds is 13. The molecule has 3 rings (SSSR count). The van der Waals surface area contributed by atoms with E-state index in [-0.39, 0.29) is 36.5 Å². The van der Waals surface area contributed by atoms with Gasteiger partial charge in [-0.05, 0) is 62.3 Å². The van der Waals surface area contributed by atoms with Crippen molar-refractivity contribution in [3.8, 4) is 5.75 Å². The van der Waals surface area contributed by atoms with Gasteiger partial charge < -0.3 is 56.9 Å². The lowest BCUT2D eigenvalue weighted by Gasteiger charge is -2.29. The molecule has 1 aliphatic heterocycles. The number of hydrogen-bond acceptors (Lipinski definition) is 11. The van der Waals surface area contributed by atoms with Crippen molar-refractivity contribution >= 4 is 53.3 Å². The number of likely N-dealkylation sites (N-methyl/N-ethyl adjacent to an activating group) is 1. The van der Waals surface area contributed by atoms with E-state index in [0.29, 0.717) is 17.6 Å². The van der Waals surface area contributed by atoms with Crippen molar-refractivity contribution in [2.45, 2.75) is 123 Å². The van der Waals surface area contributed by atoms with Crippen LogP contribution in [0.5, 0.6) is 5.75 Å². The summed E-state index contributed by atoms with van der Waals surface area (Å²) in [4.78, 5) is 123. The number of methoxy groups -OCH3 is 1. The summed E-state index contributed by atoms with van der Waals surface area (Å²) in [5, 5.41) is 45.6. The maximum atomic E-state index is 14.5. The standard InChI is InChI=1S/C52H71N7O13/c1-28(2)24-40-50(67)58-44(52(70)71)32(6)46(63)56-41(26-36-17-19-37(60)20-18-36)49(66)54-38(21-16-29(3)25-30(4)42(72-10)27-35-14-12-11-13-15-35)31(5)45(62)55-39(51(68)69)22-23-43(61)59(9)34(8)48(65)53-33(7)47(64)57-40/h11-21,25,28,30-33,38-42,44,60H,8,22-24,26-27H2,1-7,9-10H3,(H,53,65)(H,54,66)(H,55,62)(H,56,63)(H,57,64)(H,58,67)(H,68,69)(H,70,71)/t30-,31-,32-,33+,38-,39+,40-,41-,42-,44+/m0/s1. The number of carbonyl (C=O) groups excluding carboxylic acids is 7. The van der Waals surface area contributed by atoms with Gasteiger partial charge in [-0.2, -0.15) is 0 Å². The molecule has 1 fully saturated rings. The number of aliphatic carboxylic acids is 2. The molecular formula is C52H71N7O13. The molecule has 20 nitrogen and oxygen atoms in total. The lowest BCUT2D eigenvalue weighted by molar-refractivity contribution is -0.146. The van der Waals surface area contributed by atoms with Crippen LogP contribution in [0.15, 0.2) is 90.7 Å². The second kappa shape index (κ2) is 27.9. The number of aromatic hydroxyl groups is 1. The zero-order chi connectivity index (χ0) is 54.0. The van der Waals surface area contributed by atoms with Crippen LogP contribution in [0.1, 0.15) is 78.9 Å². The van der Waals surface area contributed by atoms with Crippen LogP contribution in [0.4, 0.5) is 0 Å². The van der Waals surface area contributed by atoms with Crippen LogP contribution in [-0.2, 0) is 60.7 Å². The molecule has 0 bridgehead atoms. The van der Waals surface area contributed by atoms with Crippen molar-refractivity contribution in [2.75, 3.05) is 14.2 Å². The third-order valence-corrected chi connectivity index (χ3v) is 12.4. The first kappa shape index (κ1) is 59.0. The number of nitrogens with one attached hydrogen (secondary N) is 6. The van der Waals surface area contributed by atoms with Crippen LogP contribution >= 0.6 is 0 Å². The monoisotopic (exact) mass is 1000 g/mol. The number of ether oxygens (including phenoxy) is 1. The number of benzene rings is 2. The number of nitrogens with zero attached hydrogens (tertiary/aromatic N) is 1. The molecule has 2 aromatic carbocycles. The van der Waals surface area contributed by atoms with Gasteiger partial charge in [-0.15, -0.1) is 0 Å². The number of hydrogen-bond donors (Lipinski definition) is 9. The Kier molecular flexibility index (Phi) is 22.8. The first-order valence-electron chi connectivity index (χ1n) is 23.8. The fourth-order valence-electron chi connectivity index (χ4n) is 7.76. The average molecular weight is 1000 g/mol. The molecule has 1 heterocycles.